The summed E-state index contributed by atoms with van der Waals surface area (Å²) in [7, 11) is 2.06. The van der Waals surface area contributed by atoms with E-state index in [-0.39, 0.29) is 0 Å². The molecule has 1 saturated heterocycles. The Labute approximate surface area is 119 Å². The molecule has 0 aromatic heterocycles. The van der Waals surface area contributed by atoms with Gasteiger partial charge in [-0.15, -0.1) is 0 Å². The summed E-state index contributed by atoms with van der Waals surface area (Å²) in [5, 5.41) is 3.35. The second-order valence-corrected chi connectivity index (χ2v) is 6.05. The maximum Gasteiger partial charge on any atom is 0.0388 e. The fraction of sp³-hybridized carbons (Fsp3) is 0.600. The normalized spacial score (nSPS) is 24.6. The zero-order chi connectivity index (χ0) is 13.0. The lowest BCUT2D eigenvalue weighted by molar-refractivity contribution is 0.227. The molecule has 0 amide bonds. The smallest absolute Gasteiger partial charge is 0.0388 e. The van der Waals surface area contributed by atoms with Gasteiger partial charge in [0.2, 0.25) is 0 Å². The van der Waals surface area contributed by atoms with E-state index in [4.69, 9.17) is 0 Å². The molecule has 3 heteroatoms. The summed E-state index contributed by atoms with van der Waals surface area (Å²) in [6.07, 6.45) is 2.54. The molecule has 0 saturated carbocycles. The predicted octanol–water partition coefficient (Wildman–Crippen LogP) is 3.44. The van der Waals surface area contributed by atoms with Gasteiger partial charge in [0, 0.05) is 10.5 Å². The Balaban J connectivity index is 2.19. The molecule has 1 N–H and O–H groups in total. The number of hydrogen-bond donors (Lipinski definition) is 1. The third kappa shape index (κ3) is 3.14. The van der Waals surface area contributed by atoms with Crippen LogP contribution in [0.5, 0.6) is 0 Å². The van der Waals surface area contributed by atoms with E-state index in [1.165, 1.54) is 31.5 Å². The van der Waals surface area contributed by atoms with E-state index < -0.39 is 0 Å². The highest BCUT2D eigenvalue weighted by Crippen LogP contribution is 2.37. The van der Waals surface area contributed by atoms with Crippen LogP contribution in [0.4, 0.5) is 0 Å². The van der Waals surface area contributed by atoms with Gasteiger partial charge in [-0.2, -0.15) is 0 Å². The van der Waals surface area contributed by atoms with Crippen LogP contribution in [0.3, 0.4) is 0 Å². The molecule has 1 aromatic carbocycles. The van der Waals surface area contributed by atoms with Crippen molar-refractivity contribution < 1.29 is 0 Å². The Morgan fingerprint density at radius 1 is 1.33 bits per heavy atom. The minimum absolute atomic E-state index is 0.588. The van der Waals surface area contributed by atoms with Crippen molar-refractivity contribution in [3.8, 4) is 0 Å². The Morgan fingerprint density at radius 3 is 2.67 bits per heavy atom. The molecule has 2 unspecified atom stereocenters. The van der Waals surface area contributed by atoms with Crippen LogP contribution >= 0.6 is 15.9 Å². The molecule has 2 rings (SSSR count). The van der Waals surface area contributed by atoms with Crippen LogP contribution in [0.25, 0.3) is 0 Å². The van der Waals surface area contributed by atoms with Gasteiger partial charge in [0.1, 0.15) is 0 Å². The molecule has 2 nitrogen and oxygen atoms in total. The van der Waals surface area contributed by atoms with E-state index >= 15 is 0 Å². The molecule has 0 radical (unpaired) electrons. The van der Waals surface area contributed by atoms with Crippen molar-refractivity contribution in [1.82, 2.24) is 10.2 Å². The first kappa shape index (κ1) is 14.0. The highest BCUT2D eigenvalue weighted by atomic mass is 79.9. The van der Waals surface area contributed by atoms with Gasteiger partial charge in [-0.25, -0.2) is 0 Å². The third-order valence-corrected chi connectivity index (χ3v) is 4.34. The standard InChI is InChI=1S/C15H23BrN2/c1-3-9-18-10-8-13(11-17-2)15(18)12-4-6-14(16)7-5-12/h4-7,13,15,17H,3,8-11H2,1-2H3. The summed E-state index contributed by atoms with van der Waals surface area (Å²) in [4.78, 5) is 2.64. The number of benzene rings is 1. The average Bonchev–Trinajstić information content (AvgIpc) is 2.75. The largest absolute Gasteiger partial charge is 0.319 e. The topological polar surface area (TPSA) is 15.3 Å². The van der Waals surface area contributed by atoms with E-state index in [0.717, 1.165) is 16.9 Å². The molecule has 1 aliphatic heterocycles. The zero-order valence-corrected chi connectivity index (χ0v) is 12.9. The van der Waals surface area contributed by atoms with Gasteiger partial charge in [0.25, 0.3) is 0 Å². The van der Waals surface area contributed by atoms with Crippen molar-refractivity contribution in [1.29, 1.82) is 0 Å². The maximum atomic E-state index is 3.52. The molecule has 0 bridgehead atoms. The first-order chi connectivity index (χ1) is 8.76. The third-order valence-electron chi connectivity index (χ3n) is 3.82. The van der Waals surface area contributed by atoms with Gasteiger partial charge in [-0.1, -0.05) is 35.0 Å². The highest BCUT2D eigenvalue weighted by Gasteiger charge is 2.33. The second-order valence-electron chi connectivity index (χ2n) is 5.14. The monoisotopic (exact) mass is 310 g/mol. The second kappa shape index (κ2) is 6.69. The summed E-state index contributed by atoms with van der Waals surface area (Å²) in [5.41, 5.74) is 1.46. The molecule has 1 aromatic rings. The summed E-state index contributed by atoms with van der Waals surface area (Å²) in [6, 6.07) is 9.45. The number of likely N-dealkylation sites (tertiary alicyclic amines) is 1. The van der Waals surface area contributed by atoms with Gasteiger partial charge in [0.15, 0.2) is 0 Å². The van der Waals surface area contributed by atoms with Crippen molar-refractivity contribution in [3.05, 3.63) is 34.3 Å². The summed E-state index contributed by atoms with van der Waals surface area (Å²) >= 11 is 3.52. The van der Waals surface area contributed by atoms with Gasteiger partial charge >= 0.3 is 0 Å². The Bertz CT molecular complexity index is 349. The molecule has 100 valence electrons. The van der Waals surface area contributed by atoms with Crippen LogP contribution in [-0.4, -0.2) is 31.6 Å². The molecule has 1 aliphatic rings. The molecule has 1 heterocycles. The lowest BCUT2D eigenvalue weighted by Crippen LogP contribution is -2.29. The van der Waals surface area contributed by atoms with Gasteiger partial charge in [-0.3, -0.25) is 4.90 Å². The summed E-state index contributed by atoms with van der Waals surface area (Å²) in [5.74, 6) is 0.739. The van der Waals surface area contributed by atoms with Crippen molar-refractivity contribution >= 4 is 15.9 Å². The number of halogens is 1. The van der Waals surface area contributed by atoms with Crippen molar-refractivity contribution in [2.45, 2.75) is 25.8 Å². The zero-order valence-electron chi connectivity index (χ0n) is 11.3. The summed E-state index contributed by atoms with van der Waals surface area (Å²) in [6.45, 7) is 5.83. The van der Waals surface area contributed by atoms with Crippen LogP contribution in [0.1, 0.15) is 31.4 Å². The fourth-order valence-electron chi connectivity index (χ4n) is 3.08. The quantitative estimate of drug-likeness (QED) is 0.896. The Morgan fingerprint density at radius 2 is 2.06 bits per heavy atom. The Hall–Kier alpha value is -0.380. The van der Waals surface area contributed by atoms with Crippen molar-refractivity contribution in [3.63, 3.8) is 0 Å². The van der Waals surface area contributed by atoms with Crippen LogP contribution in [0.15, 0.2) is 28.7 Å². The first-order valence-corrected chi connectivity index (χ1v) is 7.69. The van der Waals surface area contributed by atoms with Gasteiger partial charge in [0.05, 0.1) is 0 Å². The molecule has 18 heavy (non-hydrogen) atoms. The number of hydrogen-bond acceptors (Lipinski definition) is 2. The minimum Gasteiger partial charge on any atom is -0.319 e. The van der Waals surface area contributed by atoms with Crippen LogP contribution in [0.2, 0.25) is 0 Å². The van der Waals surface area contributed by atoms with Crippen LogP contribution in [0, 0.1) is 5.92 Å². The van der Waals surface area contributed by atoms with E-state index in [1.54, 1.807) is 0 Å². The molecular formula is C15H23BrN2. The predicted molar refractivity (Wildman–Crippen MR) is 80.8 cm³/mol. The lowest BCUT2D eigenvalue weighted by Gasteiger charge is -2.28. The summed E-state index contributed by atoms with van der Waals surface area (Å²) < 4.78 is 1.16. The Kier molecular flexibility index (Phi) is 5.22. The first-order valence-electron chi connectivity index (χ1n) is 6.90. The molecule has 0 spiro atoms. The molecule has 1 fully saturated rings. The van der Waals surface area contributed by atoms with E-state index in [9.17, 15) is 0 Å². The lowest BCUT2D eigenvalue weighted by atomic mass is 9.93. The van der Waals surface area contributed by atoms with Crippen molar-refractivity contribution in [2.75, 3.05) is 26.7 Å². The number of rotatable bonds is 5. The maximum absolute atomic E-state index is 3.52. The highest BCUT2D eigenvalue weighted by molar-refractivity contribution is 9.10. The van der Waals surface area contributed by atoms with Gasteiger partial charge in [-0.05, 0) is 63.1 Å². The SMILES string of the molecule is CCCN1CCC(CNC)C1c1ccc(Br)cc1. The van der Waals surface area contributed by atoms with E-state index in [2.05, 4.69) is 64.4 Å². The molecule has 2 atom stereocenters. The number of nitrogens with one attached hydrogen (secondary N) is 1. The fourth-order valence-corrected chi connectivity index (χ4v) is 3.35. The van der Waals surface area contributed by atoms with Crippen molar-refractivity contribution in [2.24, 2.45) is 5.92 Å². The van der Waals surface area contributed by atoms with E-state index in [0.29, 0.717) is 6.04 Å². The minimum atomic E-state index is 0.588. The molecular weight excluding hydrogens is 288 g/mol. The molecule has 0 aliphatic carbocycles. The number of nitrogens with zero attached hydrogens (tertiary/aromatic N) is 1. The van der Waals surface area contributed by atoms with Crippen LogP contribution in [-0.2, 0) is 0 Å². The van der Waals surface area contributed by atoms with Gasteiger partial charge < -0.3 is 5.32 Å². The average molecular weight is 311 g/mol. The van der Waals surface area contributed by atoms with Crippen LogP contribution < -0.4 is 5.32 Å². The van der Waals surface area contributed by atoms with E-state index in [1.807, 2.05) is 0 Å².